The average Bonchev–Trinajstić information content (AvgIpc) is 2.20. The van der Waals surface area contributed by atoms with E-state index >= 15 is 0 Å². The number of hydrogen-bond donors (Lipinski definition) is 1. The molecule has 0 aromatic carbocycles. The Kier molecular flexibility index (Phi) is 5.07. The summed E-state index contributed by atoms with van der Waals surface area (Å²) in [6, 6.07) is 0. The van der Waals surface area contributed by atoms with Crippen molar-refractivity contribution in [1.82, 2.24) is 4.90 Å². The molecule has 1 rings (SSSR count). The molecular weight excluding hydrogens is 184 g/mol. The van der Waals surface area contributed by atoms with E-state index in [0.29, 0.717) is 0 Å². The zero-order chi connectivity index (χ0) is 11.3. The second-order valence-corrected chi connectivity index (χ2v) is 5.21. The van der Waals surface area contributed by atoms with Gasteiger partial charge in [0.25, 0.3) is 0 Å². The molecule has 0 aliphatic heterocycles. The Labute approximate surface area is 95.2 Å². The summed E-state index contributed by atoms with van der Waals surface area (Å²) >= 11 is 0. The molecule has 0 heterocycles. The summed E-state index contributed by atoms with van der Waals surface area (Å²) < 4.78 is 0. The molecule has 0 spiro atoms. The fraction of sp³-hybridized carbons (Fsp3) is 1.00. The van der Waals surface area contributed by atoms with Gasteiger partial charge in [-0.25, -0.2) is 0 Å². The first kappa shape index (κ1) is 13.0. The second kappa shape index (κ2) is 5.86. The first-order chi connectivity index (χ1) is 7.18. The SMILES string of the molecule is CCCC(CC)(CN)N(C)CC1CCC1. The quantitative estimate of drug-likeness (QED) is 0.703. The van der Waals surface area contributed by atoms with E-state index < -0.39 is 0 Å². The van der Waals surface area contributed by atoms with Gasteiger partial charge in [-0.05, 0) is 38.6 Å². The van der Waals surface area contributed by atoms with Crippen LogP contribution >= 0.6 is 0 Å². The predicted octanol–water partition coefficient (Wildman–Crippen LogP) is 2.63. The van der Waals surface area contributed by atoms with Gasteiger partial charge < -0.3 is 5.73 Å². The van der Waals surface area contributed by atoms with Crippen molar-refractivity contribution < 1.29 is 0 Å². The van der Waals surface area contributed by atoms with Crippen LogP contribution in [0.3, 0.4) is 0 Å². The van der Waals surface area contributed by atoms with Gasteiger partial charge in [-0.3, -0.25) is 4.90 Å². The Hall–Kier alpha value is -0.0800. The molecule has 1 saturated carbocycles. The minimum Gasteiger partial charge on any atom is -0.329 e. The standard InChI is InChI=1S/C13H28N2/c1-4-9-13(5-2,11-14)15(3)10-12-7-6-8-12/h12H,4-11,14H2,1-3H3. The molecule has 1 atom stereocenters. The molecule has 2 N–H and O–H groups in total. The van der Waals surface area contributed by atoms with Crippen molar-refractivity contribution in [3.8, 4) is 0 Å². The molecule has 2 nitrogen and oxygen atoms in total. The molecule has 2 heteroatoms. The van der Waals surface area contributed by atoms with Crippen molar-refractivity contribution in [3.63, 3.8) is 0 Å². The number of hydrogen-bond acceptors (Lipinski definition) is 2. The van der Waals surface area contributed by atoms with E-state index in [2.05, 4.69) is 25.8 Å². The maximum Gasteiger partial charge on any atom is 0.0326 e. The van der Waals surface area contributed by atoms with Gasteiger partial charge in [0.05, 0.1) is 0 Å². The van der Waals surface area contributed by atoms with Crippen LogP contribution < -0.4 is 5.73 Å². The van der Waals surface area contributed by atoms with E-state index in [0.717, 1.165) is 12.5 Å². The van der Waals surface area contributed by atoms with Crippen LogP contribution in [0.25, 0.3) is 0 Å². The highest BCUT2D eigenvalue weighted by Crippen LogP contribution is 2.31. The number of rotatable bonds is 7. The maximum atomic E-state index is 6.00. The molecule has 0 bridgehead atoms. The van der Waals surface area contributed by atoms with Gasteiger partial charge in [0.1, 0.15) is 0 Å². The van der Waals surface area contributed by atoms with Gasteiger partial charge in [-0.1, -0.05) is 26.7 Å². The van der Waals surface area contributed by atoms with Crippen LogP contribution in [0.1, 0.15) is 52.4 Å². The average molecular weight is 212 g/mol. The zero-order valence-electron chi connectivity index (χ0n) is 10.8. The normalized spacial score (nSPS) is 21.4. The fourth-order valence-corrected chi connectivity index (χ4v) is 2.76. The third kappa shape index (κ3) is 2.94. The lowest BCUT2D eigenvalue weighted by Crippen LogP contribution is -2.53. The van der Waals surface area contributed by atoms with Gasteiger partial charge in [-0.2, -0.15) is 0 Å². The Bertz CT molecular complexity index is 171. The monoisotopic (exact) mass is 212 g/mol. The highest BCUT2D eigenvalue weighted by Gasteiger charge is 2.32. The molecule has 0 amide bonds. The van der Waals surface area contributed by atoms with Gasteiger partial charge in [0.2, 0.25) is 0 Å². The van der Waals surface area contributed by atoms with Gasteiger partial charge in [0.15, 0.2) is 0 Å². The predicted molar refractivity (Wildman–Crippen MR) is 67.0 cm³/mol. The Balaban J connectivity index is 2.51. The summed E-state index contributed by atoms with van der Waals surface area (Å²) in [6.45, 7) is 6.60. The third-order valence-corrected chi connectivity index (χ3v) is 4.32. The lowest BCUT2D eigenvalue weighted by Gasteiger charge is -2.44. The van der Waals surface area contributed by atoms with E-state index in [9.17, 15) is 0 Å². The summed E-state index contributed by atoms with van der Waals surface area (Å²) in [6.07, 6.45) is 7.96. The fourth-order valence-electron chi connectivity index (χ4n) is 2.76. The first-order valence-electron chi connectivity index (χ1n) is 6.59. The topological polar surface area (TPSA) is 29.3 Å². The minimum absolute atomic E-state index is 0.268. The lowest BCUT2D eigenvalue weighted by atomic mass is 9.82. The maximum absolute atomic E-state index is 6.00. The van der Waals surface area contributed by atoms with Crippen LogP contribution in [0.4, 0.5) is 0 Å². The Morgan fingerprint density at radius 2 is 2.00 bits per heavy atom. The van der Waals surface area contributed by atoms with Crippen molar-refractivity contribution in [2.24, 2.45) is 11.7 Å². The smallest absolute Gasteiger partial charge is 0.0326 e. The number of nitrogens with two attached hydrogens (primary N) is 1. The van der Waals surface area contributed by atoms with Gasteiger partial charge in [0, 0.05) is 18.6 Å². The molecule has 15 heavy (non-hydrogen) atoms. The molecule has 1 unspecified atom stereocenters. The molecule has 0 saturated heterocycles. The molecule has 0 radical (unpaired) electrons. The van der Waals surface area contributed by atoms with Crippen molar-refractivity contribution in [3.05, 3.63) is 0 Å². The summed E-state index contributed by atoms with van der Waals surface area (Å²) in [7, 11) is 2.27. The van der Waals surface area contributed by atoms with Crippen LogP contribution in [0.2, 0.25) is 0 Å². The number of likely N-dealkylation sites (N-methyl/N-ethyl adjacent to an activating group) is 1. The third-order valence-electron chi connectivity index (χ3n) is 4.32. The van der Waals surface area contributed by atoms with Crippen LogP contribution in [0.5, 0.6) is 0 Å². The molecule has 0 aromatic heterocycles. The largest absolute Gasteiger partial charge is 0.329 e. The number of nitrogens with zero attached hydrogens (tertiary/aromatic N) is 1. The van der Waals surface area contributed by atoms with Crippen molar-refractivity contribution >= 4 is 0 Å². The Morgan fingerprint density at radius 1 is 1.33 bits per heavy atom. The minimum atomic E-state index is 0.268. The van der Waals surface area contributed by atoms with Crippen molar-refractivity contribution in [1.29, 1.82) is 0 Å². The Morgan fingerprint density at radius 3 is 2.33 bits per heavy atom. The van der Waals surface area contributed by atoms with E-state index in [4.69, 9.17) is 5.73 Å². The molecule has 1 aliphatic carbocycles. The first-order valence-corrected chi connectivity index (χ1v) is 6.59. The molecular formula is C13H28N2. The van der Waals surface area contributed by atoms with Crippen LogP contribution in [0, 0.1) is 5.92 Å². The summed E-state index contributed by atoms with van der Waals surface area (Å²) in [5, 5.41) is 0. The molecule has 1 aliphatic rings. The highest BCUT2D eigenvalue weighted by molar-refractivity contribution is 4.90. The van der Waals surface area contributed by atoms with Gasteiger partial charge in [-0.15, -0.1) is 0 Å². The zero-order valence-corrected chi connectivity index (χ0v) is 10.8. The molecule has 0 aromatic rings. The van der Waals surface area contributed by atoms with E-state index in [-0.39, 0.29) is 5.54 Å². The van der Waals surface area contributed by atoms with E-state index in [1.807, 2.05) is 0 Å². The van der Waals surface area contributed by atoms with Crippen molar-refractivity contribution in [2.75, 3.05) is 20.1 Å². The summed E-state index contributed by atoms with van der Waals surface area (Å²) in [4.78, 5) is 2.54. The molecule has 90 valence electrons. The lowest BCUT2D eigenvalue weighted by molar-refractivity contribution is 0.0731. The molecule has 1 fully saturated rings. The van der Waals surface area contributed by atoms with Crippen LogP contribution in [-0.4, -0.2) is 30.6 Å². The second-order valence-electron chi connectivity index (χ2n) is 5.21. The van der Waals surface area contributed by atoms with Crippen molar-refractivity contribution in [2.45, 2.75) is 57.9 Å². The van der Waals surface area contributed by atoms with Crippen LogP contribution in [0.15, 0.2) is 0 Å². The van der Waals surface area contributed by atoms with Crippen LogP contribution in [-0.2, 0) is 0 Å². The highest BCUT2D eigenvalue weighted by atomic mass is 15.2. The van der Waals surface area contributed by atoms with E-state index in [1.54, 1.807) is 0 Å². The summed E-state index contributed by atoms with van der Waals surface area (Å²) in [5.74, 6) is 0.948. The summed E-state index contributed by atoms with van der Waals surface area (Å²) in [5.41, 5.74) is 6.27. The van der Waals surface area contributed by atoms with Gasteiger partial charge >= 0.3 is 0 Å². The van der Waals surface area contributed by atoms with E-state index in [1.165, 1.54) is 45.1 Å².